The quantitative estimate of drug-likeness (QED) is 0.295. The molecule has 0 saturated carbocycles. The first-order chi connectivity index (χ1) is 15.1. The Labute approximate surface area is 184 Å². The maximum absolute atomic E-state index is 11.1. The van der Waals surface area contributed by atoms with Gasteiger partial charge >= 0.3 is 0 Å². The van der Waals surface area contributed by atoms with Crippen LogP contribution in [0.1, 0.15) is 0 Å². The van der Waals surface area contributed by atoms with E-state index < -0.39 is 4.92 Å². The summed E-state index contributed by atoms with van der Waals surface area (Å²) >= 11 is 7.32. The second-order valence-electron chi connectivity index (χ2n) is 6.47. The summed E-state index contributed by atoms with van der Waals surface area (Å²) < 4.78 is 2.41. The number of fused-ring (bicyclic) bond motifs is 1. The minimum Gasteiger partial charge on any atom is -0.265 e. The number of thiazole rings is 1. The Kier molecular flexibility index (Phi) is 4.77. The predicted octanol–water partition coefficient (Wildman–Crippen LogP) is 5.05. The third-order valence-corrected chi connectivity index (χ3v) is 5.65. The van der Waals surface area contributed by atoms with Crippen molar-refractivity contribution in [2.75, 3.05) is 5.43 Å². The van der Waals surface area contributed by atoms with Gasteiger partial charge in [0.15, 0.2) is 11.6 Å². The molecule has 152 valence electrons. The van der Waals surface area contributed by atoms with Crippen LogP contribution in [0.25, 0.3) is 33.0 Å². The SMILES string of the molecule is O=[N+]([O-])c1ccc2nc(Nn3c(-c4ccc(Cl)cc4)nnc3-c3cccnc3)sc2c1. The normalized spacial score (nSPS) is 11.0. The first-order valence-electron chi connectivity index (χ1n) is 9.02. The highest BCUT2D eigenvalue weighted by Crippen LogP contribution is 2.31. The molecular formula is C20H12ClN7O2S. The van der Waals surface area contributed by atoms with Crippen LogP contribution in [0.5, 0.6) is 0 Å². The zero-order chi connectivity index (χ0) is 21.4. The summed E-state index contributed by atoms with van der Waals surface area (Å²) in [6.07, 6.45) is 3.37. The highest BCUT2D eigenvalue weighted by molar-refractivity contribution is 7.22. The van der Waals surface area contributed by atoms with E-state index in [1.165, 1.54) is 23.5 Å². The number of nitro benzene ring substituents is 1. The molecule has 1 N–H and O–H groups in total. The molecule has 0 spiro atoms. The van der Waals surface area contributed by atoms with Gasteiger partial charge in [-0.2, -0.15) is 0 Å². The molecule has 0 aliphatic heterocycles. The molecule has 0 fully saturated rings. The van der Waals surface area contributed by atoms with Gasteiger partial charge in [-0.25, -0.2) is 9.66 Å². The van der Waals surface area contributed by atoms with Gasteiger partial charge in [-0.15, -0.1) is 10.2 Å². The molecule has 3 heterocycles. The lowest BCUT2D eigenvalue weighted by atomic mass is 10.2. The largest absolute Gasteiger partial charge is 0.270 e. The predicted molar refractivity (Wildman–Crippen MR) is 119 cm³/mol. The van der Waals surface area contributed by atoms with E-state index in [1.807, 2.05) is 24.3 Å². The molecule has 0 aliphatic rings. The summed E-state index contributed by atoms with van der Waals surface area (Å²) in [7, 11) is 0. The molecule has 5 rings (SSSR count). The number of aromatic nitrogens is 5. The first kappa shape index (κ1) is 19.1. The summed E-state index contributed by atoms with van der Waals surface area (Å²) in [5.74, 6) is 1.10. The highest BCUT2D eigenvalue weighted by Gasteiger charge is 2.18. The van der Waals surface area contributed by atoms with E-state index in [9.17, 15) is 10.1 Å². The van der Waals surface area contributed by atoms with Crippen molar-refractivity contribution in [1.82, 2.24) is 24.8 Å². The Balaban J connectivity index is 1.61. The second-order valence-corrected chi connectivity index (χ2v) is 7.94. The fourth-order valence-electron chi connectivity index (χ4n) is 3.03. The number of pyridine rings is 1. The number of nitrogens with zero attached hydrogens (tertiary/aromatic N) is 6. The van der Waals surface area contributed by atoms with Crippen LogP contribution in [-0.2, 0) is 0 Å². The van der Waals surface area contributed by atoms with E-state index in [0.717, 1.165) is 11.1 Å². The van der Waals surface area contributed by atoms with Gasteiger partial charge in [0.1, 0.15) is 0 Å². The summed E-state index contributed by atoms with van der Waals surface area (Å²) in [6.45, 7) is 0. The molecule has 9 nitrogen and oxygen atoms in total. The van der Waals surface area contributed by atoms with Crippen molar-refractivity contribution in [1.29, 1.82) is 0 Å². The van der Waals surface area contributed by atoms with Gasteiger partial charge in [-0.1, -0.05) is 22.9 Å². The molecule has 0 saturated heterocycles. The fraction of sp³-hybridized carbons (Fsp3) is 0. The Hall–Kier alpha value is -3.89. The number of hydrogen-bond donors (Lipinski definition) is 1. The van der Waals surface area contributed by atoms with Crippen molar-refractivity contribution in [2.24, 2.45) is 0 Å². The molecule has 0 aliphatic carbocycles. The molecule has 11 heteroatoms. The van der Waals surface area contributed by atoms with E-state index in [4.69, 9.17) is 11.6 Å². The maximum Gasteiger partial charge on any atom is 0.270 e. The molecule has 5 aromatic rings. The van der Waals surface area contributed by atoms with Crippen molar-refractivity contribution in [3.8, 4) is 22.8 Å². The molecular weight excluding hydrogens is 438 g/mol. The average molecular weight is 450 g/mol. The van der Waals surface area contributed by atoms with Crippen LogP contribution in [0.2, 0.25) is 5.02 Å². The number of nitro groups is 1. The lowest BCUT2D eigenvalue weighted by Crippen LogP contribution is -2.12. The van der Waals surface area contributed by atoms with Crippen LogP contribution in [-0.4, -0.2) is 29.8 Å². The molecule has 0 unspecified atom stereocenters. The summed E-state index contributed by atoms with van der Waals surface area (Å²) in [5, 5.41) is 20.9. The Morgan fingerprint density at radius 2 is 1.81 bits per heavy atom. The molecule has 2 aromatic carbocycles. The molecule has 31 heavy (non-hydrogen) atoms. The number of nitrogens with one attached hydrogen (secondary N) is 1. The van der Waals surface area contributed by atoms with Crippen molar-refractivity contribution in [2.45, 2.75) is 0 Å². The number of non-ortho nitro benzene ring substituents is 1. The minimum atomic E-state index is -0.425. The Bertz CT molecular complexity index is 1400. The van der Waals surface area contributed by atoms with Crippen LogP contribution in [0.4, 0.5) is 10.8 Å². The van der Waals surface area contributed by atoms with Gasteiger partial charge in [-0.3, -0.25) is 20.5 Å². The highest BCUT2D eigenvalue weighted by atomic mass is 35.5. The molecule has 0 radical (unpaired) electrons. The third kappa shape index (κ3) is 3.69. The Morgan fingerprint density at radius 3 is 2.52 bits per heavy atom. The van der Waals surface area contributed by atoms with E-state index in [2.05, 4.69) is 25.6 Å². The van der Waals surface area contributed by atoms with Crippen molar-refractivity contribution < 1.29 is 4.92 Å². The summed E-state index contributed by atoms with van der Waals surface area (Å²) in [5.41, 5.74) is 5.48. The summed E-state index contributed by atoms with van der Waals surface area (Å²) in [4.78, 5) is 19.4. The van der Waals surface area contributed by atoms with Gasteiger partial charge in [0.25, 0.3) is 5.69 Å². The molecule has 0 bridgehead atoms. The second kappa shape index (κ2) is 7.74. The standard InChI is InChI=1S/C20H12ClN7O2S/c21-14-5-3-12(4-6-14)18-24-25-19(13-2-1-9-22-11-13)27(18)26-20-23-16-8-7-15(28(29)30)10-17(16)31-20/h1-11H,(H,23,26). The zero-order valence-corrected chi connectivity index (χ0v) is 17.2. The van der Waals surface area contributed by atoms with Gasteiger partial charge in [0, 0.05) is 40.7 Å². The maximum atomic E-state index is 11.1. The van der Waals surface area contributed by atoms with E-state index in [0.29, 0.717) is 32.0 Å². The van der Waals surface area contributed by atoms with Crippen molar-refractivity contribution in [3.63, 3.8) is 0 Å². The van der Waals surface area contributed by atoms with Crippen LogP contribution < -0.4 is 5.43 Å². The smallest absolute Gasteiger partial charge is 0.265 e. The van der Waals surface area contributed by atoms with E-state index >= 15 is 0 Å². The van der Waals surface area contributed by atoms with Gasteiger partial charge in [0.2, 0.25) is 5.13 Å². The van der Waals surface area contributed by atoms with Crippen LogP contribution >= 0.6 is 22.9 Å². The van der Waals surface area contributed by atoms with E-state index in [-0.39, 0.29) is 5.69 Å². The third-order valence-electron chi connectivity index (χ3n) is 4.48. The summed E-state index contributed by atoms with van der Waals surface area (Å²) in [6, 6.07) is 15.5. The van der Waals surface area contributed by atoms with Crippen LogP contribution in [0.3, 0.4) is 0 Å². The number of benzene rings is 2. The monoisotopic (exact) mass is 449 g/mol. The minimum absolute atomic E-state index is 0.0184. The topological polar surface area (TPSA) is 112 Å². The number of hydrogen-bond acceptors (Lipinski definition) is 8. The van der Waals surface area contributed by atoms with Gasteiger partial charge in [0.05, 0.1) is 15.1 Å². The molecule has 0 atom stereocenters. The number of rotatable bonds is 5. The number of halogens is 1. The molecule has 3 aromatic heterocycles. The van der Waals surface area contributed by atoms with Gasteiger partial charge in [-0.05, 0) is 42.5 Å². The average Bonchev–Trinajstić information content (AvgIpc) is 3.38. The van der Waals surface area contributed by atoms with Crippen molar-refractivity contribution in [3.05, 3.63) is 82.1 Å². The van der Waals surface area contributed by atoms with Gasteiger partial charge < -0.3 is 0 Å². The first-order valence-corrected chi connectivity index (χ1v) is 10.2. The van der Waals surface area contributed by atoms with E-state index in [1.54, 1.807) is 35.3 Å². The Morgan fingerprint density at radius 1 is 1.03 bits per heavy atom. The lowest BCUT2D eigenvalue weighted by Gasteiger charge is -2.11. The zero-order valence-electron chi connectivity index (χ0n) is 15.6. The lowest BCUT2D eigenvalue weighted by molar-refractivity contribution is -0.384. The molecule has 0 amide bonds. The van der Waals surface area contributed by atoms with Crippen molar-refractivity contribution >= 4 is 44.0 Å². The fourth-order valence-corrected chi connectivity index (χ4v) is 4.04. The number of anilines is 1. The van der Waals surface area contributed by atoms with Crippen LogP contribution in [0.15, 0.2) is 67.0 Å². The van der Waals surface area contributed by atoms with Crippen LogP contribution in [0, 0.1) is 10.1 Å².